The van der Waals surface area contributed by atoms with Crippen LogP contribution in [-0.4, -0.2) is 28.8 Å². The number of amides is 2. The third-order valence-electron chi connectivity index (χ3n) is 6.69. The second kappa shape index (κ2) is 7.75. The number of nitrogens with zero attached hydrogens (tertiary/aromatic N) is 1. The molecule has 1 aromatic rings. The summed E-state index contributed by atoms with van der Waals surface area (Å²) in [7, 11) is 0. The molecule has 4 rings (SSSR count). The van der Waals surface area contributed by atoms with Crippen LogP contribution in [0.25, 0.3) is 0 Å². The van der Waals surface area contributed by atoms with E-state index in [-0.39, 0.29) is 6.42 Å². The minimum absolute atomic E-state index is 0.0320. The lowest BCUT2D eigenvalue weighted by Gasteiger charge is -2.38. The average Bonchev–Trinajstić information content (AvgIpc) is 3.11. The summed E-state index contributed by atoms with van der Waals surface area (Å²) in [4.78, 5) is 27.3. The smallest absolute Gasteiger partial charge is 0.413 e. The lowest BCUT2D eigenvalue weighted by Crippen LogP contribution is -2.29. The Morgan fingerprint density at radius 2 is 2.15 bits per heavy atom. The molecule has 7 nitrogen and oxygen atoms in total. The maximum Gasteiger partial charge on any atom is 0.413 e. The number of carbonyl (C=O) groups excluding carboxylic acids is 2. The Balaban J connectivity index is 1.24. The van der Waals surface area contributed by atoms with Gasteiger partial charge in [0.15, 0.2) is 5.13 Å². The number of nitrogens with one attached hydrogen (secondary N) is 2. The van der Waals surface area contributed by atoms with E-state index >= 15 is 0 Å². The number of ether oxygens (including phenoxy) is 1. The van der Waals surface area contributed by atoms with Crippen LogP contribution >= 0.6 is 11.3 Å². The molecular weight excluding hydrogens is 366 g/mol. The minimum Gasteiger partial charge on any atom is -0.449 e. The van der Waals surface area contributed by atoms with Gasteiger partial charge in [-0.2, -0.15) is 0 Å². The lowest BCUT2D eigenvalue weighted by atomic mass is 9.68. The van der Waals surface area contributed by atoms with Crippen molar-refractivity contribution >= 4 is 28.5 Å². The van der Waals surface area contributed by atoms with Crippen LogP contribution in [-0.2, 0) is 16.0 Å². The molecule has 3 aliphatic rings. The number of fused-ring (bicyclic) bond motifs is 2. The highest BCUT2D eigenvalue weighted by molar-refractivity contribution is 7.13. The first-order valence-corrected chi connectivity index (χ1v) is 10.7. The number of hydrogen-bond acceptors (Lipinski definition) is 6. The van der Waals surface area contributed by atoms with Crippen LogP contribution in [0.5, 0.6) is 0 Å². The molecule has 3 fully saturated rings. The van der Waals surface area contributed by atoms with Crippen molar-refractivity contribution in [3.05, 3.63) is 11.1 Å². The van der Waals surface area contributed by atoms with Crippen molar-refractivity contribution in [2.24, 2.45) is 23.2 Å². The van der Waals surface area contributed by atoms with Crippen LogP contribution in [0, 0.1) is 23.2 Å². The molecule has 1 heterocycles. The van der Waals surface area contributed by atoms with Gasteiger partial charge in [0.25, 0.3) is 0 Å². The molecule has 3 N–H and O–H groups in total. The van der Waals surface area contributed by atoms with Crippen LogP contribution in [0.2, 0.25) is 0 Å². The maximum atomic E-state index is 12.1. The Kier molecular flexibility index (Phi) is 5.36. The van der Waals surface area contributed by atoms with E-state index in [1.54, 1.807) is 10.9 Å². The van der Waals surface area contributed by atoms with Crippen molar-refractivity contribution in [3.8, 4) is 0 Å². The second-order valence-corrected chi connectivity index (χ2v) is 9.39. The first kappa shape index (κ1) is 18.7. The zero-order chi connectivity index (χ0) is 18.9. The Bertz CT molecular complexity index is 705. The molecule has 0 aliphatic heterocycles. The van der Waals surface area contributed by atoms with Crippen LogP contribution in [0.1, 0.15) is 57.1 Å². The molecule has 148 valence electrons. The minimum atomic E-state index is -0.541. The zero-order valence-corrected chi connectivity index (χ0v) is 16.2. The van der Waals surface area contributed by atoms with Gasteiger partial charge in [-0.25, -0.2) is 15.3 Å². The summed E-state index contributed by atoms with van der Waals surface area (Å²) in [6.07, 6.45) is 9.99. The predicted octanol–water partition coefficient (Wildman–Crippen LogP) is 3.74. The molecule has 3 bridgehead atoms. The van der Waals surface area contributed by atoms with Gasteiger partial charge in [0, 0.05) is 5.38 Å². The number of hydroxylamine groups is 1. The zero-order valence-electron chi connectivity index (χ0n) is 15.4. The van der Waals surface area contributed by atoms with Crippen molar-refractivity contribution in [3.63, 3.8) is 0 Å². The van der Waals surface area contributed by atoms with Gasteiger partial charge in [-0.05, 0) is 55.3 Å². The molecule has 8 heteroatoms. The molecule has 0 spiro atoms. The Labute approximate surface area is 162 Å². The summed E-state index contributed by atoms with van der Waals surface area (Å²) in [5, 5.41) is 13.2. The molecule has 0 aromatic carbocycles. The van der Waals surface area contributed by atoms with Gasteiger partial charge in [-0.15, -0.1) is 11.3 Å². The Morgan fingerprint density at radius 1 is 1.30 bits per heavy atom. The van der Waals surface area contributed by atoms with Gasteiger partial charge >= 0.3 is 6.09 Å². The van der Waals surface area contributed by atoms with Crippen molar-refractivity contribution < 1.29 is 19.5 Å². The van der Waals surface area contributed by atoms with Gasteiger partial charge in [0.05, 0.1) is 18.7 Å². The number of rotatable bonds is 6. The van der Waals surface area contributed by atoms with Gasteiger partial charge in [0.2, 0.25) is 5.91 Å². The number of hydrogen-bond donors (Lipinski definition) is 3. The molecule has 0 radical (unpaired) electrons. The highest BCUT2D eigenvalue weighted by Crippen LogP contribution is 2.61. The molecule has 3 saturated carbocycles. The lowest BCUT2D eigenvalue weighted by molar-refractivity contribution is -0.128. The first-order valence-electron chi connectivity index (χ1n) is 9.86. The SMILES string of the molecule is O=C(Cc1csc(NC(=O)OCCC23CC4CCCC(C2)C(C4)C3)n1)NO. The first-order chi connectivity index (χ1) is 13.0. The predicted molar refractivity (Wildman–Crippen MR) is 101 cm³/mol. The van der Waals surface area contributed by atoms with Crippen molar-refractivity contribution in [1.29, 1.82) is 0 Å². The molecule has 4 unspecified atom stereocenters. The van der Waals surface area contributed by atoms with Crippen LogP contribution in [0.3, 0.4) is 0 Å². The third kappa shape index (κ3) is 4.27. The van der Waals surface area contributed by atoms with E-state index in [2.05, 4.69) is 10.3 Å². The van der Waals surface area contributed by atoms with Crippen molar-refractivity contribution in [2.45, 2.75) is 57.8 Å². The van der Waals surface area contributed by atoms with E-state index in [1.165, 1.54) is 56.3 Å². The summed E-state index contributed by atoms with van der Waals surface area (Å²) >= 11 is 1.23. The summed E-state index contributed by atoms with van der Waals surface area (Å²) in [6, 6.07) is 0. The van der Waals surface area contributed by atoms with Crippen molar-refractivity contribution in [1.82, 2.24) is 10.5 Å². The van der Waals surface area contributed by atoms with Crippen LogP contribution in [0.4, 0.5) is 9.93 Å². The van der Waals surface area contributed by atoms with Crippen molar-refractivity contribution in [2.75, 3.05) is 11.9 Å². The van der Waals surface area contributed by atoms with E-state index < -0.39 is 12.0 Å². The van der Waals surface area contributed by atoms with Crippen LogP contribution < -0.4 is 10.8 Å². The van der Waals surface area contributed by atoms with E-state index in [1.807, 2.05) is 0 Å². The molecule has 0 saturated heterocycles. The second-order valence-electron chi connectivity index (χ2n) is 8.53. The van der Waals surface area contributed by atoms with Gasteiger partial charge in [-0.3, -0.25) is 15.3 Å². The fourth-order valence-corrected chi connectivity index (χ4v) is 6.46. The summed E-state index contributed by atoms with van der Waals surface area (Å²) in [5.41, 5.74) is 2.45. The normalized spacial score (nSPS) is 31.4. The summed E-state index contributed by atoms with van der Waals surface area (Å²) < 4.78 is 5.43. The maximum absolute atomic E-state index is 12.1. The van der Waals surface area contributed by atoms with Gasteiger partial charge in [0.1, 0.15) is 0 Å². The Morgan fingerprint density at radius 3 is 3.00 bits per heavy atom. The molecule has 2 amide bonds. The molecule has 27 heavy (non-hydrogen) atoms. The van der Waals surface area contributed by atoms with E-state index in [0.717, 1.165) is 24.2 Å². The molecule has 3 aliphatic carbocycles. The number of carbonyl (C=O) groups is 2. The Hall–Kier alpha value is -1.67. The fraction of sp³-hybridized carbons (Fsp3) is 0.737. The summed E-state index contributed by atoms with van der Waals surface area (Å²) in [5.74, 6) is 2.15. The molecule has 4 atom stereocenters. The number of thiazole rings is 1. The standard InChI is InChI=1S/C19H27N3O4S/c23-16(22-25)7-15-11-27-17(20-15)21-18(24)26-5-4-19-8-12-2-1-3-13(9-19)14(6-12)10-19/h11-14,25H,1-10H2,(H,22,23)(H,20,21,24). The highest BCUT2D eigenvalue weighted by atomic mass is 32.1. The monoisotopic (exact) mass is 393 g/mol. The fourth-order valence-electron chi connectivity index (χ4n) is 5.76. The van der Waals surface area contributed by atoms with E-state index in [9.17, 15) is 9.59 Å². The third-order valence-corrected chi connectivity index (χ3v) is 7.50. The van der Waals surface area contributed by atoms with E-state index in [4.69, 9.17) is 9.94 Å². The topological polar surface area (TPSA) is 101 Å². The molecular formula is C19H27N3O4S. The van der Waals surface area contributed by atoms with Crippen LogP contribution in [0.15, 0.2) is 5.38 Å². The van der Waals surface area contributed by atoms with Gasteiger partial charge in [-0.1, -0.05) is 19.3 Å². The highest BCUT2D eigenvalue weighted by Gasteiger charge is 2.51. The number of aromatic nitrogens is 1. The van der Waals surface area contributed by atoms with E-state index in [0.29, 0.717) is 22.8 Å². The summed E-state index contributed by atoms with van der Waals surface area (Å²) in [6.45, 7) is 0.448. The molecule has 1 aromatic heterocycles. The largest absolute Gasteiger partial charge is 0.449 e. The van der Waals surface area contributed by atoms with Gasteiger partial charge < -0.3 is 4.74 Å². The number of anilines is 1. The average molecular weight is 394 g/mol. The quantitative estimate of drug-likeness (QED) is 0.505.